The number of ether oxygens (including phenoxy) is 1. The molecule has 2 aromatic carbocycles. The molecule has 0 aliphatic rings. The zero-order valence-electron chi connectivity index (χ0n) is 19.6. The average molecular weight is 494 g/mol. The van der Waals surface area contributed by atoms with Gasteiger partial charge in [-0.1, -0.05) is 60.6 Å². The van der Waals surface area contributed by atoms with E-state index in [1.54, 1.807) is 0 Å². The van der Waals surface area contributed by atoms with Crippen LogP contribution in [0.1, 0.15) is 36.9 Å². The second kappa shape index (κ2) is 10.8. The molecule has 0 fully saturated rings. The van der Waals surface area contributed by atoms with Crippen molar-refractivity contribution in [3.63, 3.8) is 0 Å². The summed E-state index contributed by atoms with van der Waals surface area (Å²) in [5.74, 6) is 1.55. The Hall–Kier alpha value is -3.17. The van der Waals surface area contributed by atoms with Crippen LogP contribution in [0.15, 0.2) is 59.1 Å². The molecule has 176 valence electrons. The average Bonchev–Trinajstić information content (AvgIpc) is 3.45. The molecule has 1 N–H and O–H groups in total. The summed E-state index contributed by atoms with van der Waals surface area (Å²) in [5, 5.41) is 14.6. The first-order valence-electron chi connectivity index (χ1n) is 11.0. The Morgan fingerprint density at radius 1 is 1.15 bits per heavy atom. The maximum absolute atomic E-state index is 12.5. The smallest absolute Gasteiger partial charge is 0.236 e. The molecule has 0 spiro atoms. The molecule has 4 rings (SSSR count). The van der Waals surface area contributed by atoms with Gasteiger partial charge >= 0.3 is 0 Å². The van der Waals surface area contributed by atoms with Crippen molar-refractivity contribution >= 4 is 34.1 Å². The number of anilines is 1. The largest absolute Gasteiger partial charge is 0.483 e. The molecule has 0 aliphatic carbocycles. The number of hydrogen-bond acceptors (Lipinski definition) is 7. The highest BCUT2D eigenvalue weighted by Crippen LogP contribution is 2.26. The van der Waals surface area contributed by atoms with Crippen LogP contribution < -0.4 is 10.1 Å². The number of nitrogens with zero attached hydrogens (tertiary/aromatic N) is 4. The molecule has 0 radical (unpaired) electrons. The van der Waals surface area contributed by atoms with Gasteiger partial charge in [0.15, 0.2) is 22.2 Å². The number of carbonyl (C=O) groups excluding carboxylic acids is 1. The molecule has 1 atom stereocenters. The molecule has 0 aliphatic heterocycles. The Bertz CT molecular complexity index is 1250. The van der Waals surface area contributed by atoms with Crippen molar-refractivity contribution in [1.82, 2.24) is 19.7 Å². The van der Waals surface area contributed by atoms with Gasteiger partial charge in [0.25, 0.3) is 0 Å². The third-order valence-corrected chi connectivity index (χ3v) is 7.08. The Morgan fingerprint density at radius 3 is 2.59 bits per heavy atom. The fraction of sp³-hybridized carbons (Fsp3) is 0.280. The standard InChI is InChI=1S/C25H27N5O2S2/c1-5-18-8-12-20(13-9-18)32-17(3)23-28-29-25(30(23)4)34-15-22(31)27-24-26-21(14-33-24)19-10-6-16(2)7-11-19/h6-14,17H,5,15H2,1-4H3,(H,26,27,31). The van der Waals surface area contributed by atoms with Gasteiger partial charge < -0.3 is 14.6 Å². The van der Waals surface area contributed by atoms with E-state index in [0.717, 1.165) is 23.4 Å². The summed E-state index contributed by atoms with van der Waals surface area (Å²) < 4.78 is 7.89. The highest BCUT2D eigenvalue weighted by molar-refractivity contribution is 7.99. The summed E-state index contributed by atoms with van der Waals surface area (Å²) in [5.41, 5.74) is 4.34. The lowest BCUT2D eigenvalue weighted by Crippen LogP contribution is -2.14. The highest BCUT2D eigenvalue weighted by atomic mass is 32.2. The van der Waals surface area contributed by atoms with Crippen molar-refractivity contribution < 1.29 is 9.53 Å². The summed E-state index contributed by atoms with van der Waals surface area (Å²) in [4.78, 5) is 17.0. The third kappa shape index (κ3) is 5.84. The van der Waals surface area contributed by atoms with Crippen molar-refractivity contribution in [3.05, 3.63) is 70.9 Å². The summed E-state index contributed by atoms with van der Waals surface area (Å²) in [7, 11) is 1.88. The normalized spacial score (nSPS) is 11.9. The van der Waals surface area contributed by atoms with Gasteiger partial charge in [-0.15, -0.1) is 21.5 Å². The summed E-state index contributed by atoms with van der Waals surface area (Å²) in [6.45, 7) is 6.11. The number of nitrogens with one attached hydrogen (secondary N) is 1. The molecule has 4 aromatic rings. The fourth-order valence-corrected chi connectivity index (χ4v) is 4.79. The predicted molar refractivity (Wildman–Crippen MR) is 138 cm³/mol. The Morgan fingerprint density at radius 2 is 1.88 bits per heavy atom. The van der Waals surface area contributed by atoms with Crippen LogP contribution in [-0.4, -0.2) is 31.4 Å². The number of benzene rings is 2. The molecule has 0 bridgehead atoms. The molecule has 9 heteroatoms. The Kier molecular flexibility index (Phi) is 7.64. The number of aryl methyl sites for hydroxylation is 2. The van der Waals surface area contributed by atoms with E-state index in [0.29, 0.717) is 16.1 Å². The second-order valence-corrected chi connectivity index (χ2v) is 9.70. The predicted octanol–water partition coefficient (Wildman–Crippen LogP) is 5.68. The summed E-state index contributed by atoms with van der Waals surface area (Å²) >= 11 is 2.74. The zero-order chi connectivity index (χ0) is 24.1. The lowest BCUT2D eigenvalue weighted by atomic mass is 10.1. The van der Waals surface area contributed by atoms with E-state index < -0.39 is 0 Å². The monoisotopic (exact) mass is 493 g/mol. The van der Waals surface area contributed by atoms with Crippen LogP contribution in [-0.2, 0) is 18.3 Å². The van der Waals surface area contributed by atoms with E-state index in [2.05, 4.69) is 39.6 Å². The minimum absolute atomic E-state index is 0.139. The molecule has 2 heterocycles. The first kappa shape index (κ1) is 24.0. The molecule has 34 heavy (non-hydrogen) atoms. The number of rotatable bonds is 9. The third-order valence-electron chi connectivity index (χ3n) is 5.31. The summed E-state index contributed by atoms with van der Waals surface area (Å²) in [6.07, 6.45) is 0.715. The van der Waals surface area contributed by atoms with E-state index in [1.165, 1.54) is 34.2 Å². The van der Waals surface area contributed by atoms with Crippen molar-refractivity contribution in [2.75, 3.05) is 11.1 Å². The fourth-order valence-electron chi connectivity index (χ4n) is 3.34. The van der Waals surface area contributed by atoms with Crippen LogP contribution in [0.5, 0.6) is 5.75 Å². The first-order chi connectivity index (χ1) is 16.4. The van der Waals surface area contributed by atoms with Gasteiger partial charge in [-0.05, 0) is 38.0 Å². The van der Waals surface area contributed by atoms with Gasteiger partial charge in [0, 0.05) is 18.0 Å². The van der Waals surface area contributed by atoms with E-state index in [-0.39, 0.29) is 17.8 Å². The van der Waals surface area contributed by atoms with E-state index in [4.69, 9.17) is 4.74 Å². The lowest BCUT2D eigenvalue weighted by Gasteiger charge is -2.14. The van der Waals surface area contributed by atoms with Crippen LogP contribution in [0.3, 0.4) is 0 Å². The van der Waals surface area contributed by atoms with Gasteiger partial charge in [0.2, 0.25) is 5.91 Å². The maximum Gasteiger partial charge on any atom is 0.236 e. The quantitative estimate of drug-likeness (QED) is 0.302. The first-order valence-corrected chi connectivity index (χ1v) is 12.9. The van der Waals surface area contributed by atoms with Gasteiger partial charge in [0.1, 0.15) is 5.75 Å². The molecule has 0 saturated carbocycles. The van der Waals surface area contributed by atoms with E-state index >= 15 is 0 Å². The van der Waals surface area contributed by atoms with Gasteiger partial charge in [0.05, 0.1) is 11.4 Å². The van der Waals surface area contributed by atoms with Crippen LogP contribution in [0, 0.1) is 6.92 Å². The van der Waals surface area contributed by atoms with Crippen molar-refractivity contribution in [3.8, 4) is 17.0 Å². The van der Waals surface area contributed by atoms with Crippen molar-refractivity contribution in [2.24, 2.45) is 7.05 Å². The van der Waals surface area contributed by atoms with Gasteiger partial charge in [-0.3, -0.25) is 4.79 Å². The number of carbonyl (C=O) groups is 1. The van der Waals surface area contributed by atoms with E-state index in [9.17, 15) is 4.79 Å². The van der Waals surface area contributed by atoms with Crippen molar-refractivity contribution in [1.29, 1.82) is 0 Å². The minimum Gasteiger partial charge on any atom is -0.483 e. The number of amides is 1. The number of aromatic nitrogens is 4. The highest BCUT2D eigenvalue weighted by Gasteiger charge is 2.18. The molecule has 1 amide bonds. The van der Waals surface area contributed by atoms with Crippen LogP contribution >= 0.6 is 23.1 Å². The molecule has 0 saturated heterocycles. The molecule has 7 nitrogen and oxygen atoms in total. The SMILES string of the molecule is CCc1ccc(OC(C)c2nnc(SCC(=O)Nc3nc(-c4ccc(C)cc4)cs3)n2C)cc1. The lowest BCUT2D eigenvalue weighted by molar-refractivity contribution is -0.113. The molecular weight excluding hydrogens is 466 g/mol. The number of hydrogen-bond donors (Lipinski definition) is 1. The maximum atomic E-state index is 12.5. The minimum atomic E-state index is -0.274. The topological polar surface area (TPSA) is 81.9 Å². The van der Waals surface area contributed by atoms with Crippen LogP contribution in [0.25, 0.3) is 11.3 Å². The molecule has 2 aromatic heterocycles. The zero-order valence-corrected chi connectivity index (χ0v) is 21.2. The van der Waals surface area contributed by atoms with Gasteiger partial charge in [-0.25, -0.2) is 4.98 Å². The molecular formula is C25H27N5O2S2. The Balaban J connectivity index is 1.31. The van der Waals surface area contributed by atoms with Crippen molar-refractivity contribution in [2.45, 2.75) is 38.5 Å². The van der Waals surface area contributed by atoms with E-state index in [1.807, 2.05) is 67.2 Å². The summed E-state index contributed by atoms with van der Waals surface area (Å²) in [6, 6.07) is 16.2. The molecule has 1 unspecified atom stereocenters. The van der Waals surface area contributed by atoms with Crippen LogP contribution in [0.4, 0.5) is 5.13 Å². The number of thiazole rings is 1. The number of thioether (sulfide) groups is 1. The van der Waals surface area contributed by atoms with Gasteiger partial charge in [-0.2, -0.15) is 0 Å². The Labute approximate surface area is 207 Å². The second-order valence-electron chi connectivity index (χ2n) is 7.90. The van der Waals surface area contributed by atoms with Crippen LogP contribution in [0.2, 0.25) is 0 Å².